The summed E-state index contributed by atoms with van der Waals surface area (Å²) in [4.78, 5) is 9.98. The van der Waals surface area contributed by atoms with Crippen LogP contribution in [0.15, 0.2) is 20.1 Å². The van der Waals surface area contributed by atoms with E-state index in [0.29, 0.717) is 6.42 Å². The number of carbonyl (C=O) groups is 1. The Balaban J connectivity index is 2.32. The van der Waals surface area contributed by atoms with E-state index in [0.717, 1.165) is 15.8 Å². The molecule has 0 bridgehead atoms. The molecule has 11 heavy (non-hydrogen) atoms. The summed E-state index contributed by atoms with van der Waals surface area (Å²) in [6.45, 7) is 0. The molecular formula is C7H7BrOS2. The van der Waals surface area contributed by atoms with Gasteiger partial charge in [-0.2, -0.15) is 0 Å². The second kappa shape index (κ2) is 4.95. The zero-order chi connectivity index (χ0) is 8.10. The van der Waals surface area contributed by atoms with Crippen LogP contribution in [0.25, 0.3) is 0 Å². The summed E-state index contributed by atoms with van der Waals surface area (Å²) in [6.07, 6.45) is 1.59. The summed E-state index contributed by atoms with van der Waals surface area (Å²) in [6, 6.07) is 4.08. The van der Waals surface area contributed by atoms with E-state index >= 15 is 0 Å². The van der Waals surface area contributed by atoms with Gasteiger partial charge in [0.15, 0.2) is 0 Å². The van der Waals surface area contributed by atoms with Crippen LogP contribution < -0.4 is 0 Å². The molecule has 1 heterocycles. The van der Waals surface area contributed by atoms with Gasteiger partial charge in [-0.15, -0.1) is 23.1 Å². The Morgan fingerprint density at radius 3 is 3.00 bits per heavy atom. The Hall–Kier alpha value is 0.200. The molecule has 1 rings (SSSR count). The standard InChI is InChI=1S/C7H7BrOS2/c8-6-2-3-7(11-6)10-5-1-4-9/h2-4H,1,5H2. The first-order valence-corrected chi connectivity index (χ1v) is 5.74. The van der Waals surface area contributed by atoms with Gasteiger partial charge >= 0.3 is 0 Å². The van der Waals surface area contributed by atoms with E-state index in [-0.39, 0.29) is 0 Å². The van der Waals surface area contributed by atoms with Crippen LogP contribution in [0.1, 0.15) is 6.42 Å². The van der Waals surface area contributed by atoms with Crippen molar-refractivity contribution in [2.45, 2.75) is 10.6 Å². The van der Waals surface area contributed by atoms with Gasteiger partial charge in [0, 0.05) is 12.2 Å². The molecule has 0 aliphatic carbocycles. The van der Waals surface area contributed by atoms with Crippen molar-refractivity contribution in [3.8, 4) is 0 Å². The molecule has 0 amide bonds. The van der Waals surface area contributed by atoms with Crippen LogP contribution in [0.3, 0.4) is 0 Å². The van der Waals surface area contributed by atoms with Crippen LogP contribution in [0, 0.1) is 0 Å². The molecule has 0 saturated heterocycles. The highest BCUT2D eigenvalue weighted by atomic mass is 79.9. The fourth-order valence-corrected chi connectivity index (χ4v) is 3.36. The highest BCUT2D eigenvalue weighted by Crippen LogP contribution is 2.30. The number of hydrogen-bond donors (Lipinski definition) is 0. The molecule has 0 aromatic carbocycles. The summed E-state index contributed by atoms with van der Waals surface area (Å²) in [5.74, 6) is 0.885. The Bertz CT molecular complexity index is 234. The minimum Gasteiger partial charge on any atom is -0.303 e. The molecule has 0 aliphatic heterocycles. The van der Waals surface area contributed by atoms with Crippen molar-refractivity contribution in [3.05, 3.63) is 15.9 Å². The van der Waals surface area contributed by atoms with Crippen LogP contribution in [0.2, 0.25) is 0 Å². The molecule has 60 valence electrons. The highest BCUT2D eigenvalue weighted by Gasteiger charge is 1.96. The van der Waals surface area contributed by atoms with Crippen molar-refractivity contribution in [2.75, 3.05) is 5.75 Å². The molecule has 4 heteroatoms. The number of hydrogen-bond acceptors (Lipinski definition) is 3. The molecule has 1 aromatic heterocycles. The van der Waals surface area contributed by atoms with E-state index in [9.17, 15) is 4.79 Å². The van der Waals surface area contributed by atoms with Crippen LogP contribution in [0.4, 0.5) is 0 Å². The summed E-state index contributed by atoms with van der Waals surface area (Å²) in [5, 5.41) is 0. The lowest BCUT2D eigenvalue weighted by Gasteiger charge is -1.90. The second-order valence-corrected chi connectivity index (χ2v) is 5.72. The van der Waals surface area contributed by atoms with Gasteiger partial charge in [-0.1, -0.05) is 0 Å². The first-order valence-electron chi connectivity index (χ1n) is 3.14. The molecule has 0 fully saturated rings. The maximum absolute atomic E-state index is 9.98. The van der Waals surface area contributed by atoms with Gasteiger partial charge in [0.1, 0.15) is 6.29 Å². The average Bonchev–Trinajstić information content (AvgIpc) is 2.37. The number of aldehydes is 1. The lowest BCUT2D eigenvalue weighted by atomic mass is 10.6. The number of thiophene rings is 1. The number of halogens is 1. The van der Waals surface area contributed by atoms with Gasteiger partial charge in [-0.3, -0.25) is 0 Å². The van der Waals surface area contributed by atoms with E-state index in [1.807, 2.05) is 6.07 Å². The minimum absolute atomic E-state index is 0.639. The van der Waals surface area contributed by atoms with Crippen molar-refractivity contribution in [2.24, 2.45) is 0 Å². The summed E-state index contributed by atoms with van der Waals surface area (Å²) in [5.41, 5.74) is 0. The zero-order valence-electron chi connectivity index (χ0n) is 5.75. The number of rotatable bonds is 4. The maximum atomic E-state index is 9.98. The Kier molecular flexibility index (Phi) is 4.18. The Labute approximate surface area is 82.3 Å². The van der Waals surface area contributed by atoms with Crippen molar-refractivity contribution in [3.63, 3.8) is 0 Å². The third-order valence-electron chi connectivity index (χ3n) is 1.03. The summed E-state index contributed by atoms with van der Waals surface area (Å²) < 4.78 is 2.41. The third-order valence-corrected chi connectivity index (χ3v) is 3.91. The maximum Gasteiger partial charge on any atom is 0.120 e. The smallest absolute Gasteiger partial charge is 0.120 e. The fraction of sp³-hybridized carbons (Fsp3) is 0.286. The summed E-state index contributed by atoms with van der Waals surface area (Å²) in [7, 11) is 0. The Morgan fingerprint density at radius 1 is 1.64 bits per heavy atom. The van der Waals surface area contributed by atoms with Crippen LogP contribution in [0.5, 0.6) is 0 Å². The van der Waals surface area contributed by atoms with Gasteiger partial charge in [-0.25, -0.2) is 0 Å². The Morgan fingerprint density at radius 2 is 2.45 bits per heavy atom. The lowest BCUT2D eigenvalue weighted by Crippen LogP contribution is -1.77. The molecule has 0 unspecified atom stereocenters. The van der Waals surface area contributed by atoms with Gasteiger partial charge in [-0.05, 0) is 28.1 Å². The van der Waals surface area contributed by atoms with Crippen molar-refractivity contribution in [1.29, 1.82) is 0 Å². The van der Waals surface area contributed by atoms with Crippen molar-refractivity contribution < 1.29 is 4.79 Å². The number of thioether (sulfide) groups is 1. The minimum atomic E-state index is 0.639. The fourth-order valence-electron chi connectivity index (χ4n) is 0.583. The molecule has 0 spiro atoms. The van der Waals surface area contributed by atoms with Crippen LogP contribution >= 0.6 is 39.0 Å². The average molecular weight is 251 g/mol. The molecule has 0 saturated carbocycles. The first kappa shape index (κ1) is 9.29. The quantitative estimate of drug-likeness (QED) is 0.464. The highest BCUT2D eigenvalue weighted by molar-refractivity contribution is 9.11. The molecule has 1 nitrogen and oxygen atoms in total. The third kappa shape index (κ3) is 3.40. The zero-order valence-corrected chi connectivity index (χ0v) is 8.97. The van der Waals surface area contributed by atoms with Gasteiger partial charge in [0.05, 0.1) is 8.00 Å². The lowest BCUT2D eigenvalue weighted by molar-refractivity contribution is -0.107. The molecule has 0 radical (unpaired) electrons. The van der Waals surface area contributed by atoms with E-state index < -0.39 is 0 Å². The van der Waals surface area contributed by atoms with Gasteiger partial charge in [0.2, 0.25) is 0 Å². The predicted octanol–water partition coefficient (Wildman–Crippen LogP) is 3.19. The molecule has 0 aliphatic rings. The molecular weight excluding hydrogens is 244 g/mol. The van der Waals surface area contributed by atoms with E-state index in [2.05, 4.69) is 22.0 Å². The monoisotopic (exact) mass is 250 g/mol. The number of carbonyl (C=O) groups excluding carboxylic acids is 1. The van der Waals surface area contributed by atoms with Crippen molar-refractivity contribution in [1.82, 2.24) is 0 Å². The van der Waals surface area contributed by atoms with Gasteiger partial charge < -0.3 is 4.79 Å². The van der Waals surface area contributed by atoms with E-state index in [1.165, 1.54) is 4.21 Å². The van der Waals surface area contributed by atoms with E-state index in [4.69, 9.17) is 0 Å². The predicted molar refractivity (Wildman–Crippen MR) is 53.4 cm³/mol. The van der Waals surface area contributed by atoms with Crippen LogP contribution in [-0.4, -0.2) is 12.0 Å². The first-order chi connectivity index (χ1) is 5.33. The second-order valence-electron chi connectivity index (χ2n) is 1.86. The summed E-state index contributed by atoms with van der Waals surface area (Å²) >= 11 is 6.80. The normalized spacial score (nSPS) is 9.91. The molecule has 0 N–H and O–H groups in total. The largest absolute Gasteiger partial charge is 0.303 e. The SMILES string of the molecule is O=CCCSc1ccc(Br)s1. The van der Waals surface area contributed by atoms with Crippen molar-refractivity contribution >= 4 is 45.3 Å². The van der Waals surface area contributed by atoms with Crippen LogP contribution in [-0.2, 0) is 4.79 Å². The molecule has 0 atom stereocenters. The van der Waals surface area contributed by atoms with Gasteiger partial charge in [0.25, 0.3) is 0 Å². The molecule has 1 aromatic rings. The topological polar surface area (TPSA) is 17.1 Å². The van der Waals surface area contributed by atoms with E-state index in [1.54, 1.807) is 23.1 Å².